The highest BCUT2D eigenvalue weighted by molar-refractivity contribution is 5.15. The minimum absolute atomic E-state index is 0.554. The summed E-state index contributed by atoms with van der Waals surface area (Å²) < 4.78 is 1.88. The normalized spacial score (nSPS) is 20.8. The molecule has 0 amide bonds. The third kappa shape index (κ3) is 2.69. The van der Waals surface area contributed by atoms with Gasteiger partial charge in [0.05, 0.1) is 5.69 Å². The van der Waals surface area contributed by atoms with E-state index in [1.165, 1.54) is 24.8 Å². The number of hydrogen-bond acceptors (Lipinski definition) is 2. The molecular formula is C12H19N3. The lowest BCUT2D eigenvalue weighted by molar-refractivity contribution is 0.521. The summed E-state index contributed by atoms with van der Waals surface area (Å²) >= 11 is 0. The van der Waals surface area contributed by atoms with E-state index < -0.39 is 0 Å². The Bertz CT molecular complexity index is 352. The number of nitrogens with one attached hydrogen (secondary N) is 1. The number of nitrogens with zero attached hydrogens (tertiary/aromatic N) is 2. The first kappa shape index (κ1) is 10.4. The van der Waals surface area contributed by atoms with Crippen molar-refractivity contribution in [1.29, 1.82) is 0 Å². The Balaban J connectivity index is 1.89. The molecule has 82 valence electrons. The van der Waals surface area contributed by atoms with Gasteiger partial charge in [0.15, 0.2) is 0 Å². The zero-order valence-corrected chi connectivity index (χ0v) is 9.53. The van der Waals surface area contributed by atoms with Crippen molar-refractivity contribution >= 4 is 0 Å². The Hall–Kier alpha value is -1.09. The molecule has 0 fully saturated rings. The van der Waals surface area contributed by atoms with Gasteiger partial charge in [-0.1, -0.05) is 12.2 Å². The Morgan fingerprint density at radius 3 is 3.07 bits per heavy atom. The van der Waals surface area contributed by atoms with Gasteiger partial charge in [0, 0.05) is 31.4 Å². The Kier molecular flexibility index (Phi) is 3.21. The predicted molar refractivity (Wildman–Crippen MR) is 61.6 cm³/mol. The van der Waals surface area contributed by atoms with Crippen molar-refractivity contribution in [2.45, 2.75) is 38.8 Å². The molecule has 1 aromatic rings. The second kappa shape index (κ2) is 4.62. The van der Waals surface area contributed by atoms with Crippen LogP contribution >= 0.6 is 0 Å². The smallest absolute Gasteiger partial charge is 0.0638 e. The molecule has 2 rings (SSSR count). The number of allylic oxidation sites excluding steroid dienone is 1. The molecule has 1 aliphatic carbocycles. The summed E-state index contributed by atoms with van der Waals surface area (Å²) in [6.07, 6.45) is 10.5. The highest BCUT2D eigenvalue weighted by atomic mass is 15.2. The SMILES string of the molecule is Cc1nn(C)cc1CNC1C=CCCC1. The maximum absolute atomic E-state index is 4.33. The molecule has 15 heavy (non-hydrogen) atoms. The van der Waals surface area contributed by atoms with Crippen molar-refractivity contribution in [3.8, 4) is 0 Å². The van der Waals surface area contributed by atoms with Gasteiger partial charge in [-0.25, -0.2) is 0 Å². The molecule has 1 N–H and O–H groups in total. The molecule has 0 saturated carbocycles. The Morgan fingerprint density at radius 2 is 2.47 bits per heavy atom. The van der Waals surface area contributed by atoms with Gasteiger partial charge in [0.25, 0.3) is 0 Å². The van der Waals surface area contributed by atoms with Gasteiger partial charge >= 0.3 is 0 Å². The molecule has 1 aromatic heterocycles. The largest absolute Gasteiger partial charge is 0.306 e. The Labute approximate surface area is 91.2 Å². The molecule has 1 unspecified atom stereocenters. The summed E-state index contributed by atoms with van der Waals surface area (Å²) in [7, 11) is 1.97. The van der Waals surface area contributed by atoms with E-state index in [0.717, 1.165) is 12.2 Å². The van der Waals surface area contributed by atoms with Crippen LogP contribution in [0.5, 0.6) is 0 Å². The molecule has 0 aromatic carbocycles. The predicted octanol–water partition coefficient (Wildman–Crippen LogP) is 1.93. The molecule has 0 saturated heterocycles. The highest BCUT2D eigenvalue weighted by Gasteiger charge is 2.09. The van der Waals surface area contributed by atoms with Crippen LogP contribution in [0, 0.1) is 6.92 Å². The third-order valence-corrected chi connectivity index (χ3v) is 2.92. The molecule has 1 heterocycles. The lowest BCUT2D eigenvalue weighted by atomic mass is 10.0. The van der Waals surface area contributed by atoms with Gasteiger partial charge in [0.2, 0.25) is 0 Å². The summed E-state index contributed by atoms with van der Waals surface area (Å²) in [4.78, 5) is 0. The van der Waals surface area contributed by atoms with Crippen LogP contribution in [0.25, 0.3) is 0 Å². The minimum atomic E-state index is 0.554. The zero-order valence-electron chi connectivity index (χ0n) is 9.53. The van der Waals surface area contributed by atoms with E-state index in [1.54, 1.807) is 0 Å². The van der Waals surface area contributed by atoms with E-state index in [4.69, 9.17) is 0 Å². The van der Waals surface area contributed by atoms with E-state index in [-0.39, 0.29) is 0 Å². The van der Waals surface area contributed by atoms with Crippen LogP contribution in [0.15, 0.2) is 18.3 Å². The van der Waals surface area contributed by atoms with E-state index in [9.17, 15) is 0 Å². The fourth-order valence-electron chi connectivity index (χ4n) is 2.05. The van der Waals surface area contributed by atoms with Gasteiger partial charge in [-0.15, -0.1) is 0 Å². The van der Waals surface area contributed by atoms with Crippen LogP contribution in [-0.4, -0.2) is 15.8 Å². The second-order valence-corrected chi connectivity index (χ2v) is 4.26. The molecule has 0 aliphatic heterocycles. The summed E-state index contributed by atoms with van der Waals surface area (Å²) in [5.41, 5.74) is 2.43. The summed E-state index contributed by atoms with van der Waals surface area (Å²) in [6, 6.07) is 0.554. The lowest BCUT2D eigenvalue weighted by Gasteiger charge is -2.17. The summed E-state index contributed by atoms with van der Waals surface area (Å²) in [6.45, 7) is 2.99. The van der Waals surface area contributed by atoms with Gasteiger partial charge in [0.1, 0.15) is 0 Å². The average Bonchev–Trinajstić information content (AvgIpc) is 2.56. The molecule has 3 nitrogen and oxygen atoms in total. The van der Waals surface area contributed by atoms with Crippen molar-refractivity contribution in [3.63, 3.8) is 0 Å². The van der Waals surface area contributed by atoms with Crippen LogP contribution in [0.3, 0.4) is 0 Å². The highest BCUT2D eigenvalue weighted by Crippen LogP contribution is 2.11. The van der Waals surface area contributed by atoms with E-state index >= 15 is 0 Å². The van der Waals surface area contributed by atoms with E-state index in [0.29, 0.717) is 6.04 Å². The van der Waals surface area contributed by atoms with Crippen LogP contribution in [-0.2, 0) is 13.6 Å². The van der Waals surface area contributed by atoms with Crippen molar-refractivity contribution in [1.82, 2.24) is 15.1 Å². The summed E-state index contributed by atoms with van der Waals surface area (Å²) in [5, 5.41) is 7.89. The number of hydrogen-bond donors (Lipinski definition) is 1. The number of aromatic nitrogens is 2. The molecule has 1 aliphatic rings. The standard InChI is InChI=1S/C12H19N3/c1-10-11(9-15(2)14-10)8-13-12-6-4-3-5-7-12/h4,6,9,12-13H,3,5,7-8H2,1-2H3. The first-order chi connectivity index (χ1) is 7.25. The maximum Gasteiger partial charge on any atom is 0.0638 e. The maximum atomic E-state index is 4.33. The van der Waals surface area contributed by atoms with Crippen molar-refractivity contribution < 1.29 is 0 Å². The van der Waals surface area contributed by atoms with Gasteiger partial charge in [-0.3, -0.25) is 4.68 Å². The monoisotopic (exact) mass is 205 g/mol. The van der Waals surface area contributed by atoms with Crippen LogP contribution in [0.4, 0.5) is 0 Å². The lowest BCUT2D eigenvalue weighted by Crippen LogP contribution is -2.27. The first-order valence-corrected chi connectivity index (χ1v) is 5.65. The average molecular weight is 205 g/mol. The quantitative estimate of drug-likeness (QED) is 0.764. The topological polar surface area (TPSA) is 29.9 Å². The fraction of sp³-hybridized carbons (Fsp3) is 0.583. The molecule has 0 spiro atoms. The van der Waals surface area contributed by atoms with Gasteiger partial charge < -0.3 is 5.32 Å². The molecule has 0 bridgehead atoms. The van der Waals surface area contributed by atoms with Gasteiger partial charge in [-0.2, -0.15) is 5.10 Å². The third-order valence-electron chi connectivity index (χ3n) is 2.92. The molecule has 3 heteroatoms. The zero-order chi connectivity index (χ0) is 10.7. The Morgan fingerprint density at radius 1 is 1.60 bits per heavy atom. The van der Waals surface area contributed by atoms with Crippen molar-refractivity contribution in [2.75, 3.05) is 0 Å². The van der Waals surface area contributed by atoms with E-state index in [1.807, 2.05) is 11.7 Å². The van der Waals surface area contributed by atoms with E-state index in [2.05, 4.69) is 35.7 Å². The van der Waals surface area contributed by atoms with Gasteiger partial charge in [-0.05, 0) is 26.2 Å². The van der Waals surface area contributed by atoms with Crippen LogP contribution in [0.1, 0.15) is 30.5 Å². The number of rotatable bonds is 3. The van der Waals surface area contributed by atoms with Crippen LogP contribution < -0.4 is 5.32 Å². The molecular weight excluding hydrogens is 186 g/mol. The van der Waals surface area contributed by atoms with Crippen molar-refractivity contribution in [2.24, 2.45) is 7.05 Å². The van der Waals surface area contributed by atoms with Crippen LogP contribution in [0.2, 0.25) is 0 Å². The second-order valence-electron chi connectivity index (χ2n) is 4.26. The molecule has 1 atom stereocenters. The van der Waals surface area contributed by atoms with Crippen molar-refractivity contribution in [3.05, 3.63) is 29.6 Å². The molecule has 0 radical (unpaired) electrons. The minimum Gasteiger partial charge on any atom is -0.306 e. The fourth-order valence-corrected chi connectivity index (χ4v) is 2.05. The first-order valence-electron chi connectivity index (χ1n) is 5.65. The number of aryl methyl sites for hydroxylation is 2. The summed E-state index contributed by atoms with van der Waals surface area (Å²) in [5.74, 6) is 0.